The van der Waals surface area contributed by atoms with Crippen LogP contribution in [0.15, 0.2) is 0 Å². The third kappa shape index (κ3) is 2.80. The molecule has 1 aromatic heterocycles. The Morgan fingerprint density at radius 1 is 1.50 bits per heavy atom. The van der Waals surface area contributed by atoms with E-state index in [1.165, 1.54) is 16.2 Å². The molecule has 16 heavy (non-hydrogen) atoms. The molecule has 1 rings (SSSR count). The highest BCUT2D eigenvalue weighted by molar-refractivity contribution is 7.15. The van der Waals surface area contributed by atoms with Crippen LogP contribution in [0.25, 0.3) is 0 Å². The SMILES string of the molecule is CCc1nc(NC(=O)C(C)(C)NC)sc1C. The Labute approximate surface area is 100 Å². The molecule has 1 aromatic rings. The molecule has 0 atom stereocenters. The number of amides is 1. The van der Waals surface area contributed by atoms with E-state index >= 15 is 0 Å². The fourth-order valence-electron chi connectivity index (χ4n) is 1.18. The van der Waals surface area contributed by atoms with Crippen LogP contribution in [0.4, 0.5) is 5.13 Å². The molecule has 5 heteroatoms. The van der Waals surface area contributed by atoms with Gasteiger partial charge in [0.15, 0.2) is 5.13 Å². The number of likely N-dealkylation sites (N-methyl/N-ethyl adjacent to an activating group) is 1. The van der Waals surface area contributed by atoms with Crippen molar-refractivity contribution in [3.05, 3.63) is 10.6 Å². The first-order valence-electron chi connectivity index (χ1n) is 5.37. The van der Waals surface area contributed by atoms with Crippen molar-refractivity contribution in [2.24, 2.45) is 0 Å². The van der Waals surface area contributed by atoms with E-state index in [-0.39, 0.29) is 5.91 Å². The summed E-state index contributed by atoms with van der Waals surface area (Å²) in [6, 6.07) is 0. The normalized spacial score (nSPS) is 11.6. The number of anilines is 1. The van der Waals surface area contributed by atoms with Crippen LogP contribution >= 0.6 is 11.3 Å². The Balaban J connectivity index is 2.77. The maximum absolute atomic E-state index is 11.9. The number of nitrogens with zero attached hydrogens (tertiary/aromatic N) is 1. The Morgan fingerprint density at radius 2 is 2.12 bits per heavy atom. The van der Waals surface area contributed by atoms with E-state index in [0.717, 1.165) is 12.1 Å². The average molecular weight is 241 g/mol. The molecule has 0 aliphatic heterocycles. The van der Waals surface area contributed by atoms with Crippen LogP contribution in [-0.4, -0.2) is 23.5 Å². The summed E-state index contributed by atoms with van der Waals surface area (Å²) in [6.45, 7) is 7.76. The van der Waals surface area contributed by atoms with Gasteiger partial charge in [-0.1, -0.05) is 6.92 Å². The van der Waals surface area contributed by atoms with Crippen molar-refractivity contribution in [3.63, 3.8) is 0 Å². The molecule has 0 saturated heterocycles. The second-order valence-electron chi connectivity index (χ2n) is 4.20. The summed E-state index contributed by atoms with van der Waals surface area (Å²) >= 11 is 1.52. The second kappa shape index (κ2) is 4.93. The molecule has 0 aliphatic rings. The number of aromatic nitrogens is 1. The van der Waals surface area contributed by atoms with E-state index in [1.54, 1.807) is 7.05 Å². The highest BCUT2D eigenvalue weighted by atomic mass is 32.1. The molecule has 0 aromatic carbocycles. The van der Waals surface area contributed by atoms with Crippen molar-refractivity contribution in [2.75, 3.05) is 12.4 Å². The molecule has 1 amide bonds. The fourth-order valence-corrected chi connectivity index (χ4v) is 2.07. The first kappa shape index (κ1) is 13.1. The van der Waals surface area contributed by atoms with E-state index in [4.69, 9.17) is 0 Å². The third-order valence-corrected chi connectivity index (χ3v) is 3.57. The van der Waals surface area contributed by atoms with Crippen molar-refractivity contribution in [1.82, 2.24) is 10.3 Å². The van der Waals surface area contributed by atoms with Gasteiger partial charge in [0.25, 0.3) is 0 Å². The lowest BCUT2D eigenvalue weighted by Crippen LogP contribution is -2.47. The van der Waals surface area contributed by atoms with E-state index in [0.29, 0.717) is 5.13 Å². The number of thiazole rings is 1. The average Bonchev–Trinajstić information content (AvgIpc) is 2.58. The molecule has 2 N–H and O–H groups in total. The first-order chi connectivity index (χ1) is 7.40. The monoisotopic (exact) mass is 241 g/mol. The predicted octanol–water partition coefficient (Wildman–Crippen LogP) is 1.95. The molecular weight excluding hydrogens is 222 g/mol. The Hall–Kier alpha value is -0.940. The van der Waals surface area contributed by atoms with Crippen molar-refractivity contribution in [2.45, 2.75) is 39.7 Å². The van der Waals surface area contributed by atoms with E-state index in [9.17, 15) is 4.79 Å². The quantitative estimate of drug-likeness (QED) is 0.847. The lowest BCUT2D eigenvalue weighted by molar-refractivity contribution is -0.121. The van der Waals surface area contributed by atoms with Crippen LogP contribution in [0, 0.1) is 6.92 Å². The van der Waals surface area contributed by atoms with Gasteiger partial charge in [0.05, 0.1) is 11.2 Å². The summed E-state index contributed by atoms with van der Waals surface area (Å²) in [5, 5.41) is 6.48. The number of hydrogen-bond donors (Lipinski definition) is 2. The third-order valence-electron chi connectivity index (χ3n) is 2.64. The second-order valence-corrected chi connectivity index (χ2v) is 5.41. The molecule has 0 fully saturated rings. The summed E-state index contributed by atoms with van der Waals surface area (Å²) in [4.78, 5) is 17.4. The van der Waals surface area contributed by atoms with Gasteiger partial charge in [-0.3, -0.25) is 4.79 Å². The molecule has 0 aliphatic carbocycles. The molecule has 0 spiro atoms. The standard InChI is InChI=1S/C11H19N3OS/c1-6-8-7(2)16-10(13-8)14-9(15)11(3,4)12-5/h12H,6H2,1-5H3,(H,13,14,15). The summed E-state index contributed by atoms with van der Waals surface area (Å²) in [6.07, 6.45) is 0.896. The van der Waals surface area contributed by atoms with Crippen molar-refractivity contribution < 1.29 is 4.79 Å². The minimum atomic E-state index is -0.577. The number of carbonyl (C=O) groups is 1. The summed E-state index contributed by atoms with van der Waals surface area (Å²) in [5.74, 6) is -0.0635. The number of rotatable bonds is 4. The molecular formula is C11H19N3OS. The molecule has 90 valence electrons. The highest BCUT2D eigenvalue weighted by Crippen LogP contribution is 2.23. The van der Waals surface area contributed by atoms with Crippen molar-refractivity contribution in [3.8, 4) is 0 Å². The Bertz CT molecular complexity index is 385. The summed E-state index contributed by atoms with van der Waals surface area (Å²) < 4.78 is 0. The Kier molecular flexibility index (Phi) is 4.04. The minimum Gasteiger partial charge on any atom is -0.307 e. The highest BCUT2D eigenvalue weighted by Gasteiger charge is 2.26. The predicted molar refractivity (Wildman–Crippen MR) is 68.0 cm³/mol. The van der Waals surface area contributed by atoms with E-state index in [2.05, 4.69) is 22.5 Å². The first-order valence-corrected chi connectivity index (χ1v) is 6.19. The smallest absolute Gasteiger partial charge is 0.245 e. The van der Waals surface area contributed by atoms with Gasteiger partial charge >= 0.3 is 0 Å². The van der Waals surface area contributed by atoms with E-state index < -0.39 is 5.54 Å². The zero-order chi connectivity index (χ0) is 12.3. The van der Waals surface area contributed by atoms with Crippen LogP contribution < -0.4 is 10.6 Å². The van der Waals surface area contributed by atoms with Gasteiger partial charge in [-0.05, 0) is 34.2 Å². The van der Waals surface area contributed by atoms with Crippen molar-refractivity contribution >= 4 is 22.4 Å². The topological polar surface area (TPSA) is 54.0 Å². The lowest BCUT2D eigenvalue weighted by atomic mass is 10.1. The number of nitrogens with one attached hydrogen (secondary N) is 2. The van der Waals surface area contributed by atoms with Gasteiger partial charge in [0, 0.05) is 4.88 Å². The molecule has 0 unspecified atom stereocenters. The zero-order valence-electron chi connectivity index (χ0n) is 10.5. The van der Waals surface area contributed by atoms with Gasteiger partial charge in [-0.15, -0.1) is 11.3 Å². The van der Waals surface area contributed by atoms with Gasteiger partial charge in [-0.2, -0.15) is 0 Å². The van der Waals surface area contributed by atoms with Crippen LogP contribution in [0.5, 0.6) is 0 Å². The van der Waals surface area contributed by atoms with Gasteiger partial charge in [-0.25, -0.2) is 4.98 Å². The molecule has 0 saturated carbocycles. The van der Waals surface area contributed by atoms with E-state index in [1.807, 2.05) is 20.8 Å². The molecule has 0 bridgehead atoms. The van der Waals surface area contributed by atoms with Gasteiger partial charge in [0.2, 0.25) is 5.91 Å². The number of aryl methyl sites for hydroxylation is 2. The maximum Gasteiger partial charge on any atom is 0.245 e. The summed E-state index contributed by atoms with van der Waals surface area (Å²) in [7, 11) is 1.77. The summed E-state index contributed by atoms with van der Waals surface area (Å²) in [5.41, 5.74) is 0.481. The zero-order valence-corrected chi connectivity index (χ0v) is 11.3. The van der Waals surface area contributed by atoms with Crippen LogP contribution in [0.3, 0.4) is 0 Å². The number of hydrogen-bond acceptors (Lipinski definition) is 4. The number of carbonyl (C=O) groups excluding carboxylic acids is 1. The maximum atomic E-state index is 11.9. The molecule has 1 heterocycles. The molecule has 0 radical (unpaired) electrons. The minimum absolute atomic E-state index is 0.0635. The van der Waals surface area contributed by atoms with Crippen molar-refractivity contribution in [1.29, 1.82) is 0 Å². The fraction of sp³-hybridized carbons (Fsp3) is 0.636. The van der Waals surface area contributed by atoms with Crippen LogP contribution in [0.1, 0.15) is 31.3 Å². The largest absolute Gasteiger partial charge is 0.307 e. The molecule has 4 nitrogen and oxygen atoms in total. The van der Waals surface area contributed by atoms with Crippen LogP contribution in [-0.2, 0) is 11.2 Å². The van der Waals surface area contributed by atoms with Crippen LogP contribution in [0.2, 0.25) is 0 Å². The van der Waals surface area contributed by atoms with Gasteiger partial charge < -0.3 is 10.6 Å². The Morgan fingerprint density at radius 3 is 2.56 bits per heavy atom. The van der Waals surface area contributed by atoms with Gasteiger partial charge in [0.1, 0.15) is 0 Å². The lowest BCUT2D eigenvalue weighted by Gasteiger charge is -2.21.